The minimum Gasteiger partial charge on any atom is -0.381 e. The molecule has 0 aromatic carbocycles. The van der Waals surface area contributed by atoms with Crippen molar-refractivity contribution < 1.29 is 4.74 Å². The summed E-state index contributed by atoms with van der Waals surface area (Å²) in [4.78, 5) is 0. The van der Waals surface area contributed by atoms with Gasteiger partial charge in [-0.3, -0.25) is 0 Å². The van der Waals surface area contributed by atoms with E-state index in [-0.39, 0.29) is 0 Å². The summed E-state index contributed by atoms with van der Waals surface area (Å²) < 4.78 is 5.53. The Morgan fingerprint density at radius 3 is 2.06 bits per heavy atom. The molecule has 0 fully saturated rings. The standard InChI is InChI=1S/C15H30O/c1-3-5-7-8-9-10-11-13-15-16-14-12-6-4-2/h4,6H,3,5,7-15H2,1-2H3. The van der Waals surface area contributed by atoms with Crippen molar-refractivity contribution in [2.24, 2.45) is 0 Å². The molecule has 1 nitrogen and oxygen atoms in total. The highest BCUT2D eigenvalue weighted by atomic mass is 16.5. The smallest absolute Gasteiger partial charge is 0.0500 e. The van der Waals surface area contributed by atoms with Crippen molar-refractivity contribution in [3.05, 3.63) is 12.2 Å². The van der Waals surface area contributed by atoms with E-state index in [1.54, 1.807) is 0 Å². The summed E-state index contributed by atoms with van der Waals surface area (Å²) in [6.45, 7) is 6.16. The van der Waals surface area contributed by atoms with Gasteiger partial charge < -0.3 is 4.74 Å². The number of ether oxygens (including phenoxy) is 1. The van der Waals surface area contributed by atoms with Crippen LogP contribution in [-0.2, 0) is 4.74 Å². The van der Waals surface area contributed by atoms with Crippen LogP contribution in [0.4, 0.5) is 0 Å². The molecular formula is C15H30O. The highest BCUT2D eigenvalue weighted by molar-refractivity contribution is 4.75. The van der Waals surface area contributed by atoms with E-state index < -0.39 is 0 Å². The lowest BCUT2D eigenvalue weighted by Gasteiger charge is -2.03. The van der Waals surface area contributed by atoms with E-state index in [0.717, 1.165) is 19.6 Å². The van der Waals surface area contributed by atoms with Crippen LogP contribution in [-0.4, -0.2) is 13.2 Å². The van der Waals surface area contributed by atoms with Crippen LogP contribution in [0.2, 0.25) is 0 Å². The molecule has 0 heterocycles. The van der Waals surface area contributed by atoms with Gasteiger partial charge in [0, 0.05) is 6.61 Å². The van der Waals surface area contributed by atoms with E-state index in [2.05, 4.69) is 26.0 Å². The van der Waals surface area contributed by atoms with Crippen LogP contribution in [0.25, 0.3) is 0 Å². The molecule has 0 rings (SSSR count). The summed E-state index contributed by atoms with van der Waals surface area (Å²) in [6, 6.07) is 0. The molecule has 0 aromatic heterocycles. The number of hydrogen-bond donors (Lipinski definition) is 0. The maximum Gasteiger partial charge on any atom is 0.0500 e. The molecule has 0 radical (unpaired) electrons. The van der Waals surface area contributed by atoms with Crippen LogP contribution in [0, 0.1) is 0 Å². The lowest BCUT2D eigenvalue weighted by molar-refractivity contribution is 0.134. The molecule has 0 aliphatic heterocycles. The van der Waals surface area contributed by atoms with Crippen LogP contribution >= 0.6 is 0 Å². The highest BCUT2D eigenvalue weighted by Crippen LogP contribution is 2.08. The molecule has 0 aliphatic carbocycles. The first kappa shape index (κ1) is 15.7. The molecule has 96 valence electrons. The minimum atomic E-state index is 0.890. The van der Waals surface area contributed by atoms with Gasteiger partial charge in [0.05, 0.1) is 6.61 Å². The molecule has 1 heteroatoms. The highest BCUT2D eigenvalue weighted by Gasteiger charge is 1.91. The third-order valence-electron chi connectivity index (χ3n) is 2.81. The summed E-state index contributed by atoms with van der Waals surface area (Å²) in [6.07, 6.45) is 16.3. The topological polar surface area (TPSA) is 9.23 Å². The maximum atomic E-state index is 5.53. The summed E-state index contributed by atoms with van der Waals surface area (Å²) in [7, 11) is 0. The Morgan fingerprint density at radius 1 is 0.812 bits per heavy atom. The molecule has 0 bridgehead atoms. The van der Waals surface area contributed by atoms with E-state index in [1.165, 1.54) is 51.4 Å². The number of unbranched alkanes of at least 4 members (excludes halogenated alkanes) is 7. The van der Waals surface area contributed by atoms with E-state index in [9.17, 15) is 0 Å². The van der Waals surface area contributed by atoms with Crippen molar-refractivity contribution in [1.82, 2.24) is 0 Å². The molecule has 0 N–H and O–H groups in total. The second kappa shape index (κ2) is 14.7. The Hall–Kier alpha value is -0.300. The van der Waals surface area contributed by atoms with E-state index in [4.69, 9.17) is 4.74 Å². The summed E-state index contributed by atoms with van der Waals surface area (Å²) in [5.41, 5.74) is 0. The van der Waals surface area contributed by atoms with Gasteiger partial charge in [-0.1, -0.05) is 64.0 Å². The first-order chi connectivity index (χ1) is 7.91. The van der Waals surface area contributed by atoms with Crippen molar-refractivity contribution in [2.45, 2.75) is 71.6 Å². The first-order valence-corrected chi connectivity index (χ1v) is 7.10. The average molecular weight is 226 g/mol. The zero-order chi connectivity index (χ0) is 11.9. The minimum absolute atomic E-state index is 0.890. The monoisotopic (exact) mass is 226 g/mol. The predicted molar refractivity (Wildman–Crippen MR) is 72.9 cm³/mol. The van der Waals surface area contributed by atoms with Gasteiger partial charge in [0.1, 0.15) is 0 Å². The van der Waals surface area contributed by atoms with Crippen molar-refractivity contribution >= 4 is 0 Å². The van der Waals surface area contributed by atoms with Crippen LogP contribution in [0.5, 0.6) is 0 Å². The van der Waals surface area contributed by atoms with Gasteiger partial charge >= 0.3 is 0 Å². The van der Waals surface area contributed by atoms with Gasteiger partial charge in [-0.05, 0) is 19.8 Å². The number of hydrogen-bond acceptors (Lipinski definition) is 1. The molecule has 0 saturated heterocycles. The second-order valence-corrected chi connectivity index (χ2v) is 4.44. The Bertz CT molecular complexity index is 140. The fraction of sp³-hybridized carbons (Fsp3) is 0.867. The van der Waals surface area contributed by atoms with Crippen molar-refractivity contribution in [1.29, 1.82) is 0 Å². The molecular weight excluding hydrogens is 196 g/mol. The Balaban J connectivity index is 2.88. The van der Waals surface area contributed by atoms with Crippen molar-refractivity contribution in [3.8, 4) is 0 Å². The van der Waals surface area contributed by atoms with Gasteiger partial charge in [0.2, 0.25) is 0 Å². The van der Waals surface area contributed by atoms with Crippen molar-refractivity contribution in [3.63, 3.8) is 0 Å². The van der Waals surface area contributed by atoms with Crippen molar-refractivity contribution in [2.75, 3.05) is 13.2 Å². The summed E-state index contributed by atoms with van der Waals surface area (Å²) >= 11 is 0. The van der Waals surface area contributed by atoms with Gasteiger partial charge in [0.25, 0.3) is 0 Å². The average Bonchev–Trinajstić information content (AvgIpc) is 2.31. The third kappa shape index (κ3) is 13.7. The van der Waals surface area contributed by atoms with E-state index in [0.29, 0.717) is 0 Å². The van der Waals surface area contributed by atoms with Gasteiger partial charge in [-0.15, -0.1) is 0 Å². The summed E-state index contributed by atoms with van der Waals surface area (Å²) in [5.74, 6) is 0. The van der Waals surface area contributed by atoms with Gasteiger partial charge in [-0.2, -0.15) is 0 Å². The quantitative estimate of drug-likeness (QED) is 0.332. The predicted octanol–water partition coefficient (Wildman–Crippen LogP) is 5.11. The van der Waals surface area contributed by atoms with E-state index in [1.807, 2.05) is 0 Å². The lowest BCUT2D eigenvalue weighted by atomic mass is 10.1. The summed E-state index contributed by atoms with van der Waals surface area (Å²) in [5, 5.41) is 0. The molecule has 0 aliphatic rings. The Kier molecular flexibility index (Phi) is 14.4. The number of allylic oxidation sites excluding steroid dienone is 1. The molecule has 0 amide bonds. The van der Waals surface area contributed by atoms with Crippen LogP contribution < -0.4 is 0 Å². The van der Waals surface area contributed by atoms with Gasteiger partial charge in [-0.25, -0.2) is 0 Å². The van der Waals surface area contributed by atoms with Crippen LogP contribution in [0.15, 0.2) is 12.2 Å². The largest absolute Gasteiger partial charge is 0.381 e. The zero-order valence-electron chi connectivity index (χ0n) is 11.3. The fourth-order valence-corrected chi connectivity index (χ4v) is 1.76. The van der Waals surface area contributed by atoms with Crippen LogP contribution in [0.3, 0.4) is 0 Å². The Labute approximate surface area is 102 Å². The van der Waals surface area contributed by atoms with Gasteiger partial charge in [0.15, 0.2) is 0 Å². The molecule has 0 unspecified atom stereocenters. The Morgan fingerprint density at radius 2 is 1.44 bits per heavy atom. The second-order valence-electron chi connectivity index (χ2n) is 4.44. The zero-order valence-corrected chi connectivity index (χ0v) is 11.3. The van der Waals surface area contributed by atoms with E-state index >= 15 is 0 Å². The fourth-order valence-electron chi connectivity index (χ4n) is 1.76. The molecule has 0 spiro atoms. The third-order valence-corrected chi connectivity index (χ3v) is 2.81. The number of rotatable bonds is 12. The maximum absolute atomic E-state index is 5.53. The molecule has 16 heavy (non-hydrogen) atoms. The first-order valence-electron chi connectivity index (χ1n) is 7.10. The molecule has 0 atom stereocenters. The lowest BCUT2D eigenvalue weighted by Crippen LogP contribution is -1.95. The molecule has 0 saturated carbocycles. The normalized spacial score (nSPS) is 11.4. The van der Waals surface area contributed by atoms with Crippen LogP contribution in [0.1, 0.15) is 71.6 Å². The SMILES string of the molecule is CC=CCCOCCCCCCCCCC. The molecule has 0 aromatic rings.